The molecule has 0 heterocycles. The monoisotopic (exact) mass is 268 g/mol. The molecule has 0 saturated heterocycles. The van der Waals surface area contributed by atoms with Crippen molar-refractivity contribution in [1.29, 1.82) is 0 Å². The van der Waals surface area contributed by atoms with Gasteiger partial charge in [0.25, 0.3) is 0 Å². The number of halogens is 1. The Labute approximate surface area is 114 Å². The Balaban J connectivity index is 2.10. The lowest BCUT2D eigenvalue weighted by molar-refractivity contribution is -0.0462. The molecular weight excluding hydrogens is 248 g/mol. The predicted molar refractivity (Wildman–Crippen MR) is 74.7 cm³/mol. The maximum absolute atomic E-state index is 6.39. The summed E-state index contributed by atoms with van der Waals surface area (Å²) in [4.78, 5) is 0. The van der Waals surface area contributed by atoms with Crippen LogP contribution in [0, 0.1) is 5.41 Å². The summed E-state index contributed by atoms with van der Waals surface area (Å²) in [6.07, 6.45) is 3.28. The van der Waals surface area contributed by atoms with Crippen molar-refractivity contribution in [1.82, 2.24) is 0 Å². The molecule has 100 valence electrons. The second kappa shape index (κ2) is 5.40. The van der Waals surface area contributed by atoms with Gasteiger partial charge in [-0.15, -0.1) is 11.6 Å². The van der Waals surface area contributed by atoms with Crippen molar-refractivity contribution in [3.8, 4) is 11.5 Å². The van der Waals surface area contributed by atoms with Gasteiger partial charge in [0.1, 0.15) is 17.6 Å². The Bertz CT molecular complexity index is 401. The largest absolute Gasteiger partial charge is 0.497 e. The van der Waals surface area contributed by atoms with E-state index in [1.807, 2.05) is 24.3 Å². The summed E-state index contributed by atoms with van der Waals surface area (Å²) in [6.45, 7) is 4.39. The molecule has 2 unspecified atom stereocenters. The third-order valence-electron chi connectivity index (χ3n) is 4.32. The predicted octanol–water partition coefficient (Wildman–Crippen LogP) is 4.26. The molecule has 0 aromatic heterocycles. The number of methoxy groups -OCH3 is 1. The summed E-state index contributed by atoms with van der Waals surface area (Å²) in [5, 5.41) is 0.239. The zero-order valence-corrected chi connectivity index (χ0v) is 12.0. The number of benzene rings is 1. The molecule has 1 aromatic rings. The molecule has 2 rings (SSSR count). The zero-order valence-electron chi connectivity index (χ0n) is 11.3. The summed E-state index contributed by atoms with van der Waals surface area (Å²) in [5.74, 6) is 1.70. The second-order valence-electron chi connectivity index (χ2n) is 4.93. The number of hydrogen-bond acceptors (Lipinski definition) is 2. The SMILES string of the molecule is CCC1(CC)C(Cl)CC1Oc1cccc(OC)c1. The fourth-order valence-electron chi connectivity index (χ4n) is 2.85. The summed E-state index contributed by atoms with van der Waals surface area (Å²) in [5.41, 5.74) is 0.130. The first-order chi connectivity index (χ1) is 8.66. The Hall–Kier alpha value is -0.890. The van der Waals surface area contributed by atoms with Crippen molar-refractivity contribution in [2.24, 2.45) is 5.41 Å². The minimum Gasteiger partial charge on any atom is -0.497 e. The van der Waals surface area contributed by atoms with Crippen LogP contribution in [0.15, 0.2) is 24.3 Å². The van der Waals surface area contributed by atoms with Gasteiger partial charge in [0.2, 0.25) is 0 Å². The van der Waals surface area contributed by atoms with Crippen LogP contribution in [-0.4, -0.2) is 18.6 Å². The first-order valence-corrected chi connectivity index (χ1v) is 7.04. The van der Waals surface area contributed by atoms with Crippen LogP contribution in [0.3, 0.4) is 0 Å². The molecule has 2 atom stereocenters. The van der Waals surface area contributed by atoms with Gasteiger partial charge in [-0.3, -0.25) is 0 Å². The summed E-state index contributed by atoms with van der Waals surface area (Å²) >= 11 is 6.39. The Morgan fingerprint density at radius 3 is 2.50 bits per heavy atom. The highest BCUT2D eigenvalue weighted by atomic mass is 35.5. The molecule has 1 aliphatic rings. The highest BCUT2D eigenvalue weighted by Gasteiger charge is 2.53. The highest BCUT2D eigenvalue weighted by Crippen LogP contribution is 2.51. The molecule has 0 N–H and O–H groups in total. The topological polar surface area (TPSA) is 18.5 Å². The van der Waals surface area contributed by atoms with E-state index in [-0.39, 0.29) is 16.9 Å². The molecule has 0 spiro atoms. The number of hydrogen-bond donors (Lipinski definition) is 0. The molecule has 0 bridgehead atoms. The molecule has 0 aliphatic heterocycles. The average Bonchev–Trinajstić information content (AvgIpc) is 2.40. The van der Waals surface area contributed by atoms with E-state index in [0.29, 0.717) is 0 Å². The number of ether oxygens (including phenoxy) is 2. The first-order valence-electron chi connectivity index (χ1n) is 6.61. The molecular formula is C15H21ClO2. The standard InChI is InChI=1S/C15H21ClO2/c1-4-15(5-2)13(16)10-14(15)18-12-8-6-7-11(9-12)17-3/h6-9,13-14H,4-5,10H2,1-3H3. The summed E-state index contributed by atoms with van der Waals surface area (Å²) < 4.78 is 11.3. The lowest BCUT2D eigenvalue weighted by atomic mass is 9.62. The van der Waals surface area contributed by atoms with Gasteiger partial charge in [0.15, 0.2) is 0 Å². The quantitative estimate of drug-likeness (QED) is 0.743. The van der Waals surface area contributed by atoms with Gasteiger partial charge in [-0.2, -0.15) is 0 Å². The van der Waals surface area contributed by atoms with Crippen LogP contribution in [0.5, 0.6) is 11.5 Å². The molecule has 1 fully saturated rings. The van der Waals surface area contributed by atoms with Crippen molar-refractivity contribution >= 4 is 11.6 Å². The number of alkyl halides is 1. The van der Waals surface area contributed by atoms with Crippen LogP contribution < -0.4 is 9.47 Å². The van der Waals surface area contributed by atoms with Crippen LogP contribution in [-0.2, 0) is 0 Å². The normalized spacial score (nSPS) is 25.3. The molecule has 1 saturated carbocycles. The van der Waals surface area contributed by atoms with E-state index in [2.05, 4.69) is 13.8 Å². The summed E-state index contributed by atoms with van der Waals surface area (Å²) in [7, 11) is 1.67. The Kier molecular flexibility index (Phi) is 4.06. The van der Waals surface area contributed by atoms with Crippen molar-refractivity contribution in [3.05, 3.63) is 24.3 Å². The van der Waals surface area contributed by atoms with Gasteiger partial charge in [-0.1, -0.05) is 19.9 Å². The minimum atomic E-state index is 0.130. The van der Waals surface area contributed by atoms with E-state index >= 15 is 0 Å². The molecule has 3 heteroatoms. The van der Waals surface area contributed by atoms with Crippen LogP contribution >= 0.6 is 11.6 Å². The van der Waals surface area contributed by atoms with Crippen molar-refractivity contribution in [2.75, 3.05) is 7.11 Å². The fraction of sp³-hybridized carbons (Fsp3) is 0.600. The second-order valence-corrected chi connectivity index (χ2v) is 5.46. The molecule has 2 nitrogen and oxygen atoms in total. The maximum atomic E-state index is 6.39. The van der Waals surface area contributed by atoms with Crippen LogP contribution in [0.4, 0.5) is 0 Å². The third-order valence-corrected chi connectivity index (χ3v) is 4.93. The van der Waals surface area contributed by atoms with E-state index in [9.17, 15) is 0 Å². The van der Waals surface area contributed by atoms with Crippen molar-refractivity contribution < 1.29 is 9.47 Å². The molecule has 1 aromatic carbocycles. The molecule has 0 radical (unpaired) electrons. The first kappa shape index (κ1) is 13.5. The minimum absolute atomic E-state index is 0.130. The van der Waals surface area contributed by atoms with Gasteiger partial charge in [-0.25, -0.2) is 0 Å². The fourth-order valence-corrected chi connectivity index (χ4v) is 3.46. The van der Waals surface area contributed by atoms with Gasteiger partial charge >= 0.3 is 0 Å². The van der Waals surface area contributed by atoms with Gasteiger partial charge < -0.3 is 9.47 Å². The van der Waals surface area contributed by atoms with E-state index in [4.69, 9.17) is 21.1 Å². The van der Waals surface area contributed by atoms with E-state index < -0.39 is 0 Å². The maximum Gasteiger partial charge on any atom is 0.123 e. The Morgan fingerprint density at radius 2 is 1.94 bits per heavy atom. The van der Waals surface area contributed by atoms with E-state index in [1.165, 1.54) is 0 Å². The van der Waals surface area contributed by atoms with E-state index in [1.54, 1.807) is 7.11 Å². The smallest absolute Gasteiger partial charge is 0.123 e. The zero-order chi connectivity index (χ0) is 13.2. The van der Waals surface area contributed by atoms with Gasteiger partial charge in [0.05, 0.1) is 7.11 Å². The Morgan fingerprint density at radius 1 is 1.28 bits per heavy atom. The molecule has 1 aliphatic carbocycles. The number of rotatable bonds is 5. The van der Waals surface area contributed by atoms with Crippen LogP contribution in [0.25, 0.3) is 0 Å². The van der Waals surface area contributed by atoms with Gasteiger partial charge in [-0.05, 0) is 25.0 Å². The average molecular weight is 269 g/mol. The lowest BCUT2D eigenvalue weighted by Gasteiger charge is -2.52. The lowest BCUT2D eigenvalue weighted by Crippen LogP contribution is -2.56. The molecule has 18 heavy (non-hydrogen) atoms. The van der Waals surface area contributed by atoms with Gasteiger partial charge in [0, 0.05) is 23.3 Å². The van der Waals surface area contributed by atoms with Crippen LogP contribution in [0.1, 0.15) is 33.1 Å². The van der Waals surface area contributed by atoms with Crippen LogP contribution in [0.2, 0.25) is 0 Å². The summed E-state index contributed by atoms with van der Waals surface area (Å²) in [6, 6.07) is 7.77. The highest BCUT2D eigenvalue weighted by molar-refractivity contribution is 6.21. The third kappa shape index (κ3) is 2.18. The van der Waals surface area contributed by atoms with Crippen molar-refractivity contribution in [2.45, 2.75) is 44.6 Å². The molecule has 0 amide bonds. The van der Waals surface area contributed by atoms with Crippen molar-refractivity contribution in [3.63, 3.8) is 0 Å². The van der Waals surface area contributed by atoms with E-state index in [0.717, 1.165) is 30.8 Å².